The predicted molar refractivity (Wildman–Crippen MR) is 72.6 cm³/mol. The Kier molecular flexibility index (Phi) is 4.35. The van der Waals surface area contributed by atoms with Crippen LogP contribution < -0.4 is 10.1 Å². The van der Waals surface area contributed by atoms with Gasteiger partial charge in [0.15, 0.2) is 0 Å². The van der Waals surface area contributed by atoms with E-state index < -0.39 is 0 Å². The molecule has 1 aromatic heterocycles. The van der Waals surface area contributed by atoms with Gasteiger partial charge in [0.1, 0.15) is 11.8 Å². The average molecular weight is 258 g/mol. The number of methoxy groups -OCH3 is 1. The molecular weight excluding hydrogens is 244 g/mol. The number of nitrogens with one attached hydrogen (secondary N) is 1. The summed E-state index contributed by atoms with van der Waals surface area (Å²) in [6.45, 7) is 1.60. The first-order chi connectivity index (χ1) is 8.81. The van der Waals surface area contributed by atoms with E-state index in [9.17, 15) is 0 Å². The van der Waals surface area contributed by atoms with Crippen molar-refractivity contribution in [3.05, 3.63) is 51.7 Å². The van der Waals surface area contributed by atoms with Gasteiger partial charge in [-0.05, 0) is 23.8 Å². The predicted octanol–water partition coefficient (Wildman–Crippen LogP) is 2.92. The van der Waals surface area contributed by atoms with E-state index in [0.29, 0.717) is 0 Å². The molecule has 1 aromatic carbocycles. The monoisotopic (exact) mass is 258 g/mol. The van der Waals surface area contributed by atoms with Crippen LogP contribution in [0.1, 0.15) is 16.0 Å². The summed E-state index contributed by atoms with van der Waals surface area (Å²) in [5.74, 6) is 0.871. The molecule has 0 aliphatic rings. The Morgan fingerprint density at radius 3 is 2.67 bits per heavy atom. The van der Waals surface area contributed by atoms with Gasteiger partial charge in [-0.2, -0.15) is 5.26 Å². The van der Waals surface area contributed by atoms with Crippen molar-refractivity contribution >= 4 is 11.3 Å². The smallest absolute Gasteiger partial charge is 0.118 e. The van der Waals surface area contributed by atoms with Gasteiger partial charge >= 0.3 is 0 Å². The highest BCUT2D eigenvalue weighted by molar-refractivity contribution is 7.10. The Morgan fingerprint density at radius 1 is 1.28 bits per heavy atom. The molecular formula is C14H14N2OS. The minimum Gasteiger partial charge on any atom is -0.497 e. The molecule has 0 atom stereocenters. The van der Waals surface area contributed by atoms with E-state index in [-0.39, 0.29) is 0 Å². The standard InChI is InChI=1S/C14H14N2OS/c1-17-13-4-2-11(3-5-13)8-16-9-14-6-12(7-15)10-18-14/h2-6,10,16H,8-9H2,1H3. The van der Waals surface area contributed by atoms with Crippen LogP contribution in [0.3, 0.4) is 0 Å². The number of nitriles is 1. The SMILES string of the molecule is COc1ccc(CNCc2cc(C#N)cs2)cc1. The third-order valence-electron chi connectivity index (χ3n) is 2.57. The number of benzene rings is 1. The fourth-order valence-corrected chi connectivity index (χ4v) is 2.38. The topological polar surface area (TPSA) is 45.0 Å². The number of hydrogen-bond acceptors (Lipinski definition) is 4. The van der Waals surface area contributed by atoms with Crippen molar-refractivity contribution in [2.45, 2.75) is 13.1 Å². The lowest BCUT2D eigenvalue weighted by Crippen LogP contribution is -2.11. The zero-order valence-electron chi connectivity index (χ0n) is 10.1. The van der Waals surface area contributed by atoms with Crippen LogP contribution in [0.5, 0.6) is 5.75 Å². The Balaban J connectivity index is 1.82. The molecule has 18 heavy (non-hydrogen) atoms. The van der Waals surface area contributed by atoms with Gasteiger partial charge in [-0.15, -0.1) is 11.3 Å². The fourth-order valence-electron chi connectivity index (χ4n) is 1.61. The summed E-state index contributed by atoms with van der Waals surface area (Å²) in [5, 5.41) is 14.0. The summed E-state index contributed by atoms with van der Waals surface area (Å²) in [5.41, 5.74) is 1.95. The maximum atomic E-state index is 8.73. The Bertz CT molecular complexity index is 540. The summed E-state index contributed by atoms with van der Waals surface area (Å²) in [6, 6.07) is 12.1. The molecule has 0 unspecified atom stereocenters. The fraction of sp³-hybridized carbons (Fsp3) is 0.214. The van der Waals surface area contributed by atoms with Crippen molar-refractivity contribution in [1.82, 2.24) is 5.32 Å². The summed E-state index contributed by atoms with van der Waals surface area (Å²) in [6.07, 6.45) is 0. The van der Waals surface area contributed by atoms with Crippen LogP contribution in [0.2, 0.25) is 0 Å². The van der Waals surface area contributed by atoms with Gasteiger partial charge in [0.25, 0.3) is 0 Å². The van der Waals surface area contributed by atoms with Gasteiger partial charge in [0.2, 0.25) is 0 Å². The van der Waals surface area contributed by atoms with Gasteiger partial charge < -0.3 is 10.1 Å². The lowest BCUT2D eigenvalue weighted by atomic mass is 10.2. The summed E-state index contributed by atoms with van der Waals surface area (Å²) in [4.78, 5) is 1.18. The van der Waals surface area contributed by atoms with Crippen LogP contribution in [0.25, 0.3) is 0 Å². The van der Waals surface area contributed by atoms with Gasteiger partial charge in [0.05, 0.1) is 12.7 Å². The zero-order chi connectivity index (χ0) is 12.8. The number of rotatable bonds is 5. The number of ether oxygens (including phenoxy) is 1. The third kappa shape index (κ3) is 3.33. The molecule has 2 rings (SSSR count). The first-order valence-electron chi connectivity index (χ1n) is 5.63. The third-order valence-corrected chi connectivity index (χ3v) is 3.51. The molecule has 0 amide bonds. The normalized spacial score (nSPS) is 10.0. The van der Waals surface area contributed by atoms with E-state index in [1.54, 1.807) is 18.4 Å². The van der Waals surface area contributed by atoms with E-state index in [4.69, 9.17) is 10.00 Å². The first kappa shape index (κ1) is 12.6. The van der Waals surface area contributed by atoms with Gasteiger partial charge in [0, 0.05) is 23.3 Å². The quantitative estimate of drug-likeness (QED) is 0.897. The van der Waals surface area contributed by atoms with Crippen LogP contribution in [-0.2, 0) is 13.1 Å². The Hall–Kier alpha value is -1.83. The molecule has 0 aliphatic heterocycles. The second kappa shape index (κ2) is 6.20. The lowest BCUT2D eigenvalue weighted by molar-refractivity contribution is 0.414. The van der Waals surface area contributed by atoms with Crippen molar-refractivity contribution < 1.29 is 4.74 Å². The highest BCUT2D eigenvalue weighted by Crippen LogP contribution is 2.14. The van der Waals surface area contributed by atoms with Crippen LogP contribution in [-0.4, -0.2) is 7.11 Å². The molecule has 0 saturated carbocycles. The maximum Gasteiger partial charge on any atom is 0.118 e. The first-order valence-corrected chi connectivity index (χ1v) is 6.51. The molecule has 92 valence electrons. The molecule has 1 N–H and O–H groups in total. The summed E-state index contributed by atoms with van der Waals surface area (Å²) >= 11 is 1.61. The molecule has 3 nitrogen and oxygen atoms in total. The second-order valence-electron chi connectivity index (χ2n) is 3.87. The van der Waals surface area contributed by atoms with E-state index in [1.807, 2.05) is 35.7 Å². The van der Waals surface area contributed by atoms with E-state index in [1.165, 1.54) is 10.4 Å². The zero-order valence-corrected chi connectivity index (χ0v) is 11.0. The van der Waals surface area contributed by atoms with E-state index in [0.717, 1.165) is 24.4 Å². The number of nitrogens with zero attached hydrogens (tertiary/aromatic N) is 1. The second-order valence-corrected chi connectivity index (χ2v) is 4.86. The molecule has 2 aromatic rings. The minimum atomic E-state index is 0.737. The Labute approximate surface area is 111 Å². The largest absolute Gasteiger partial charge is 0.497 e. The highest BCUT2D eigenvalue weighted by Gasteiger charge is 1.99. The average Bonchev–Trinajstić information content (AvgIpc) is 2.87. The van der Waals surface area contributed by atoms with Crippen molar-refractivity contribution in [2.75, 3.05) is 7.11 Å². The van der Waals surface area contributed by atoms with E-state index in [2.05, 4.69) is 11.4 Å². The van der Waals surface area contributed by atoms with Gasteiger partial charge in [-0.25, -0.2) is 0 Å². The minimum absolute atomic E-state index is 0.737. The van der Waals surface area contributed by atoms with Gasteiger partial charge in [-0.1, -0.05) is 12.1 Å². The van der Waals surface area contributed by atoms with Crippen molar-refractivity contribution in [2.24, 2.45) is 0 Å². The lowest BCUT2D eigenvalue weighted by Gasteiger charge is -2.04. The van der Waals surface area contributed by atoms with Crippen molar-refractivity contribution in [3.8, 4) is 11.8 Å². The molecule has 0 spiro atoms. The van der Waals surface area contributed by atoms with Crippen molar-refractivity contribution in [1.29, 1.82) is 5.26 Å². The van der Waals surface area contributed by atoms with Crippen LogP contribution in [0.15, 0.2) is 35.7 Å². The number of thiophene rings is 1. The van der Waals surface area contributed by atoms with Crippen LogP contribution in [0.4, 0.5) is 0 Å². The van der Waals surface area contributed by atoms with Crippen LogP contribution in [0, 0.1) is 11.3 Å². The molecule has 0 saturated heterocycles. The number of hydrogen-bond donors (Lipinski definition) is 1. The molecule has 1 heterocycles. The summed E-state index contributed by atoms with van der Waals surface area (Å²) < 4.78 is 5.11. The molecule has 0 bridgehead atoms. The van der Waals surface area contributed by atoms with Crippen LogP contribution >= 0.6 is 11.3 Å². The van der Waals surface area contributed by atoms with E-state index >= 15 is 0 Å². The van der Waals surface area contributed by atoms with Gasteiger partial charge in [-0.3, -0.25) is 0 Å². The summed E-state index contributed by atoms with van der Waals surface area (Å²) in [7, 11) is 1.66. The highest BCUT2D eigenvalue weighted by atomic mass is 32.1. The molecule has 0 fully saturated rings. The molecule has 0 radical (unpaired) electrons. The Morgan fingerprint density at radius 2 is 2.06 bits per heavy atom. The van der Waals surface area contributed by atoms with Crippen molar-refractivity contribution in [3.63, 3.8) is 0 Å². The molecule has 4 heteroatoms. The molecule has 0 aliphatic carbocycles. The maximum absolute atomic E-state index is 8.73.